The number of aromatic nitrogens is 4. The Bertz CT molecular complexity index is 878. The normalized spacial score (nSPS) is 10.7. The number of anilines is 1. The SMILES string of the molecule is CCc1noc(-c2cccc(NC(=O)NCc3nc(CSC)no3)c2)n1. The third kappa shape index (κ3) is 4.60. The zero-order valence-corrected chi connectivity index (χ0v) is 15.2. The van der Waals surface area contributed by atoms with Crippen LogP contribution in [0.3, 0.4) is 0 Å². The average Bonchev–Trinajstić information content (AvgIpc) is 3.30. The summed E-state index contributed by atoms with van der Waals surface area (Å²) in [7, 11) is 0. The van der Waals surface area contributed by atoms with Crippen molar-refractivity contribution in [2.24, 2.45) is 0 Å². The number of benzene rings is 1. The number of nitrogens with zero attached hydrogens (tertiary/aromatic N) is 4. The van der Waals surface area contributed by atoms with E-state index in [1.807, 2.05) is 19.2 Å². The van der Waals surface area contributed by atoms with E-state index in [1.54, 1.807) is 30.0 Å². The summed E-state index contributed by atoms with van der Waals surface area (Å²) in [5.41, 5.74) is 1.33. The van der Waals surface area contributed by atoms with Crippen molar-refractivity contribution in [2.75, 3.05) is 11.6 Å². The highest BCUT2D eigenvalue weighted by atomic mass is 32.2. The highest BCUT2D eigenvalue weighted by molar-refractivity contribution is 7.97. The first-order valence-corrected chi connectivity index (χ1v) is 9.35. The molecule has 0 bridgehead atoms. The van der Waals surface area contributed by atoms with E-state index in [9.17, 15) is 4.79 Å². The van der Waals surface area contributed by atoms with Crippen LogP contribution in [0.2, 0.25) is 0 Å². The van der Waals surface area contributed by atoms with Crippen LogP contribution in [-0.4, -0.2) is 32.6 Å². The van der Waals surface area contributed by atoms with Crippen molar-refractivity contribution < 1.29 is 13.8 Å². The summed E-state index contributed by atoms with van der Waals surface area (Å²) >= 11 is 1.59. The first-order valence-electron chi connectivity index (χ1n) is 7.96. The summed E-state index contributed by atoms with van der Waals surface area (Å²) < 4.78 is 10.3. The lowest BCUT2D eigenvalue weighted by molar-refractivity contribution is 0.249. The predicted octanol–water partition coefficient (Wildman–Crippen LogP) is 2.87. The number of thioether (sulfide) groups is 1. The average molecular weight is 374 g/mol. The molecule has 0 aliphatic carbocycles. The number of urea groups is 1. The molecule has 0 saturated heterocycles. The summed E-state index contributed by atoms with van der Waals surface area (Å²) in [6, 6.07) is 6.78. The third-order valence-corrected chi connectivity index (χ3v) is 3.88. The molecule has 2 N–H and O–H groups in total. The molecule has 0 aliphatic heterocycles. The van der Waals surface area contributed by atoms with E-state index in [2.05, 4.69) is 30.9 Å². The number of carbonyl (C=O) groups excluding carboxylic acids is 1. The summed E-state index contributed by atoms with van der Waals surface area (Å²) in [6.45, 7) is 2.10. The maximum atomic E-state index is 12.0. The number of carbonyl (C=O) groups is 1. The van der Waals surface area contributed by atoms with Crippen LogP contribution in [0.1, 0.15) is 24.5 Å². The fourth-order valence-electron chi connectivity index (χ4n) is 2.13. The van der Waals surface area contributed by atoms with Crippen molar-refractivity contribution >= 4 is 23.5 Å². The zero-order chi connectivity index (χ0) is 18.4. The molecule has 2 amide bonds. The smallest absolute Gasteiger partial charge is 0.319 e. The van der Waals surface area contributed by atoms with E-state index >= 15 is 0 Å². The van der Waals surface area contributed by atoms with Crippen LogP contribution in [0.5, 0.6) is 0 Å². The van der Waals surface area contributed by atoms with E-state index in [0.29, 0.717) is 41.3 Å². The minimum Gasteiger partial charge on any atom is -0.337 e. The van der Waals surface area contributed by atoms with Crippen molar-refractivity contribution in [3.8, 4) is 11.5 Å². The Morgan fingerprint density at radius 3 is 2.81 bits per heavy atom. The van der Waals surface area contributed by atoms with Gasteiger partial charge in [0.1, 0.15) is 0 Å². The molecule has 2 aromatic heterocycles. The lowest BCUT2D eigenvalue weighted by atomic mass is 10.2. The van der Waals surface area contributed by atoms with Gasteiger partial charge in [-0.25, -0.2) is 4.79 Å². The molecule has 0 atom stereocenters. The largest absolute Gasteiger partial charge is 0.337 e. The van der Waals surface area contributed by atoms with E-state index in [4.69, 9.17) is 9.05 Å². The van der Waals surface area contributed by atoms with Crippen molar-refractivity contribution in [3.63, 3.8) is 0 Å². The third-order valence-electron chi connectivity index (χ3n) is 3.34. The van der Waals surface area contributed by atoms with Gasteiger partial charge in [-0.1, -0.05) is 23.3 Å². The lowest BCUT2D eigenvalue weighted by Crippen LogP contribution is -2.28. The molecule has 3 rings (SSSR count). The lowest BCUT2D eigenvalue weighted by Gasteiger charge is -2.06. The van der Waals surface area contributed by atoms with Crippen LogP contribution in [0, 0.1) is 0 Å². The number of amides is 2. The molecule has 3 aromatic rings. The number of hydrogen-bond donors (Lipinski definition) is 2. The summed E-state index contributed by atoms with van der Waals surface area (Å²) in [5.74, 6) is 2.68. The highest BCUT2D eigenvalue weighted by Gasteiger charge is 2.10. The molecule has 1 aromatic carbocycles. The molecule has 2 heterocycles. The van der Waals surface area contributed by atoms with E-state index in [-0.39, 0.29) is 12.6 Å². The zero-order valence-electron chi connectivity index (χ0n) is 14.4. The number of hydrogen-bond acceptors (Lipinski definition) is 8. The Morgan fingerprint density at radius 2 is 2.04 bits per heavy atom. The first kappa shape index (κ1) is 17.9. The Morgan fingerprint density at radius 1 is 1.19 bits per heavy atom. The van der Waals surface area contributed by atoms with Gasteiger partial charge in [-0.05, 0) is 24.5 Å². The Kier molecular flexibility index (Phi) is 5.84. The summed E-state index contributed by atoms with van der Waals surface area (Å²) in [6.07, 6.45) is 2.64. The second kappa shape index (κ2) is 8.48. The molecule has 136 valence electrons. The Balaban J connectivity index is 1.57. The van der Waals surface area contributed by atoms with Gasteiger partial charge in [0, 0.05) is 17.7 Å². The number of aryl methyl sites for hydroxylation is 1. The fourth-order valence-corrected chi connectivity index (χ4v) is 2.50. The van der Waals surface area contributed by atoms with Crippen LogP contribution in [0.4, 0.5) is 10.5 Å². The minimum atomic E-state index is -0.383. The molecule has 0 aliphatic rings. The molecule has 0 spiro atoms. The fraction of sp³-hybridized carbons (Fsp3) is 0.312. The maximum Gasteiger partial charge on any atom is 0.319 e. The summed E-state index contributed by atoms with van der Waals surface area (Å²) in [4.78, 5) is 20.5. The predicted molar refractivity (Wildman–Crippen MR) is 96.5 cm³/mol. The highest BCUT2D eigenvalue weighted by Crippen LogP contribution is 2.21. The molecule has 10 heteroatoms. The Labute approximate surface area is 153 Å². The van der Waals surface area contributed by atoms with Gasteiger partial charge in [0.05, 0.1) is 12.3 Å². The van der Waals surface area contributed by atoms with Crippen molar-refractivity contribution in [1.82, 2.24) is 25.6 Å². The van der Waals surface area contributed by atoms with Gasteiger partial charge in [0.2, 0.25) is 5.89 Å². The topological polar surface area (TPSA) is 119 Å². The second-order valence-electron chi connectivity index (χ2n) is 5.30. The van der Waals surface area contributed by atoms with Crippen LogP contribution in [0.15, 0.2) is 33.3 Å². The minimum absolute atomic E-state index is 0.149. The van der Waals surface area contributed by atoms with Crippen LogP contribution >= 0.6 is 11.8 Å². The Hall–Kier alpha value is -2.88. The van der Waals surface area contributed by atoms with E-state index in [1.165, 1.54) is 0 Å². The quantitative estimate of drug-likeness (QED) is 0.648. The molecule has 0 fully saturated rings. The van der Waals surface area contributed by atoms with Gasteiger partial charge in [0.15, 0.2) is 11.6 Å². The molecule has 0 unspecified atom stereocenters. The second-order valence-corrected chi connectivity index (χ2v) is 6.16. The molecular formula is C16H18N6O3S. The summed E-state index contributed by atoms with van der Waals surface area (Å²) in [5, 5.41) is 13.1. The molecule has 0 saturated carbocycles. The molecule has 0 radical (unpaired) electrons. The first-order chi connectivity index (χ1) is 12.7. The van der Waals surface area contributed by atoms with Crippen LogP contribution in [-0.2, 0) is 18.7 Å². The van der Waals surface area contributed by atoms with Crippen molar-refractivity contribution in [3.05, 3.63) is 41.8 Å². The van der Waals surface area contributed by atoms with Gasteiger partial charge in [-0.2, -0.15) is 21.7 Å². The van der Waals surface area contributed by atoms with Gasteiger partial charge in [0.25, 0.3) is 5.89 Å². The maximum absolute atomic E-state index is 12.0. The van der Waals surface area contributed by atoms with Crippen molar-refractivity contribution in [2.45, 2.75) is 25.6 Å². The molecule has 26 heavy (non-hydrogen) atoms. The van der Waals surface area contributed by atoms with Gasteiger partial charge < -0.3 is 19.7 Å². The van der Waals surface area contributed by atoms with E-state index in [0.717, 1.165) is 5.56 Å². The number of nitrogens with one attached hydrogen (secondary N) is 2. The van der Waals surface area contributed by atoms with Gasteiger partial charge in [-0.15, -0.1) is 0 Å². The monoisotopic (exact) mass is 374 g/mol. The van der Waals surface area contributed by atoms with Gasteiger partial charge in [-0.3, -0.25) is 0 Å². The van der Waals surface area contributed by atoms with E-state index < -0.39 is 0 Å². The molecular weight excluding hydrogens is 356 g/mol. The van der Waals surface area contributed by atoms with Crippen molar-refractivity contribution in [1.29, 1.82) is 0 Å². The number of rotatable bonds is 7. The standard InChI is InChI=1S/C16H18N6O3S/c1-3-12-20-15(25-21-12)10-5-4-6-11(7-10)18-16(23)17-8-14-19-13(9-26-2)22-24-14/h4-7H,3,8-9H2,1-2H3,(H2,17,18,23). The van der Waals surface area contributed by atoms with Crippen LogP contribution in [0.25, 0.3) is 11.5 Å². The molecule has 9 nitrogen and oxygen atoms in total. The van der Waals surface area contributed by atoms with Crippen LogP contribution < -0.4 is 10.6 Å². The van der Waals surface area contributed by atoms with Gasteiger partial charge >= 0.3 is 6.03 Å².